The van der Waals surface area contributed by atoms with Crippen molar-refractivity contribution in [3.8, 4) is 5.75 Å². The predicted octanol–water partition coefficient (Wildman–Crippen LogP) is 1.85. The lowest BCUT2D eigenvalue weighted by Crippen LogP contribution is -2.51. The summed E-state index contributed by atoms with van der Waals surface area (Å²) in [7, 11) is -2.81. The third-order valence-corrected chi connectivity index (χ3v) is 7.64. The fourth-order valence-electron chi connectivity index (χ4n) is 4.30. The zero-order valence-electron chi connectivity index (χ0n) is 22.3. The van der Waals surface area contributed by atoms with Gasteiger partial charge in [-0.05, 0) is 37.3 Å². The molecule has 12 heteroatoms. The second-order valence-electron chi connectivity index (χ2n) is 9.20. The van der Waals surface area contributed by atoms with Crippen LogP contribution in [0.2, 0.25) is 0 Å². The molecule has 4 rings (SSSR count). The molecule has 0 aliphatic carbocycles. The number of sulfonamides is 1. The van der Waals surface area contributed by atoms with E-state index in [2.05, 4.69) is 15.0 Å². The molecule has 2 atom stereocenters. The minimum atomic E-state index is -4.26. The molecule has 1 aliphatic heterocycles. The molecule has 1 aliphatic rings. The fourth-order valence-corrected chi connectivity index (χ4v) is 5.38. The van der Waals surface area contributed by atoms with E-state index in [-0.39, 0.29) is 17.1 Å². The SMILES string of the molecule is COc1ccc(S(=O)(=O)NC2N=C(c3ccccc3)c3ccccc3N(CC(=O)N[C@H](C=O)CC(C)=O)C2=O)cc1. The molecule has 3 aromatic rings. The summed E-state index contributed by atoms with van der Waals surface area (Å²) in [5, 5.41) is 2.45. The molecular formula is C29H28N4O7S. The molecular weight excluding hydrogens is 548 g/mol. The van der Waals surface area contributed by atoms with Crippen LogP contribution in [0.15, 0.2) is 88.8 Å². The molecule has 2 N–H and O–H groups in total. The number of aliphatic imine (C=N–C) groups is 1. The number of nitrogens with zero attached hydrogens (tertiary/aromatic N) is 2. The van der Waals surface area contributed by atoms with Crippen molar-refractivity contribution in [2.45, 2.75) is 30.4 Å². The monoisotopic (exact) mass is 576 g/mol. The molecule has 11 nitrogen and oxygen atoms in total. The number of para-hydroxylation sites is 1. The van der Waals surface area contributed by atoms with Gasteiger partial charge in [0, 0.05) is 17.5 Å². The van der Waals surface area contributed by atoms with E-state index < -0.39 is 40.6 Å². The number of ether oxygens (including phenoxy) is 1. The number of amides is 2. The lowest BCUT2D eigenvalue weighted by atomic mass is 10.0. The number of rotatable bonds is 11. The summed E-state index contributed by atoms with van der Waals surface area (Å²) in [4.78, 5) is 55.4. The number of anilines is 1. The summed E-state index contributed by atoms with van der Waals surface area (Å²) >= 11 is 0. The summed E-state index contributed by atoms with van der Waals surface area (Å²) < 4.78 is 34.2. The number of methoxy groups -OCH3 is 1. The van der Waals surface area contributed by atoms with E-state index >= 15 is 0 Å². The van der Waals surface area contributed by atoms with E-state index in [1.807, 2.05) is 6.07 Å². The Hall–Kier alpha value is -4.68. The largest absolute Gasteiger partial charge is 0.497 e. The summed E-state index contributed by atoms with van der Waals surface area (Å²) in [5.41, 5.74) is 1.76. The van der Waals surface area contributed by atoms with E-state index in [0.29, 0.717) is 34.6 Å². The van der Waals surface area contributed by atoms with Gasteiger partial charge in [0.15, 0.2) is 6.17 Å². The number of Topliss-reactive ketones (excluding diaryl/α,β-unsaturated/α-hetero) is 1. The Morgan fingerprint density at radius 1 is 1.02 bits per heavy atom. The molecule has 0 saturated carbocycles. The van der Waals surface area contributed by atoms with Gasteiger partial charge in [0.1, 0.15) is 24.4 Å². The van der Waals surface area contributed by atoms with Gasteiger partial charge in [0.05, 0.1) is 29.4 Å². The smallest absolute Gasteiger partial charge is 0.268 e. The lowest BCUT2D eigenvalue weighted by Gasteiger charge is -2.25. The average molecular weight is 577 g/mol. The maximum absolute atomic E-state index is 13.9. The van der Waals surface area contributed by atoms with E-state index in [0.717, 1.165) is 4.90 Å². The van der Waals surface area contributed by atoms with E-state index in [1.165, 1.54) is 38.3 Å². The number of nitrogens with one attached hydrogen (secondary N) is 2. The predicted molar refractivity (Wildman–Crippen MR) is 151 cm³/mol. The maximum atomic E-state index is 13.9. The van der Waals surface area contributed by atoms with Crippen LogP contribution >= 0.6 is 0 Å². The minimum absolute atomic E-state index is 0.119. The van der Waals surface area contributed by atoms with Crippen molar-refractivity contribution in [2.75, 3.05) is 18.6 Å². The van der Waals surface area contributed by atoms with E-state index in [4.69, 9.17) is 4.74 Å². The van der Waals surface area contributed by atoms with Gasteiger partial charge in [0.2, 0.25) is 15.9 Å². The number of hydrogen-bond donors (Lipinski definition) is 2. The molecule has 0 aromatic heterocycles. The zero-order valence-corrected chi connectivity index (χ0v) is 23.1. The van der Waals surface area contributed by atoms with Crippen LogP contribution in [0, 0.1) is 0 Å². The van der Waals surface area contributed by atoms with Crippen LogP contribution < -0.4 is 19.7 Å². The van der Waals surface area contributed by atoms with Crippen molar-refractivity contribution in [2.24, 2.45) is 4.99 Å². The van der Waals surface area contributed by atoms with Crippen LogP contribution in [0.5, 0.6) is 5.75 Å². The molecule has 0 spiro atoms. The number of carbonyl (C=O) groups excluding carboxylic acids is 4. The van der Waals surface area contributed by atoms with Gasteiger partial charge in [-0.2, -0.15) is 4.72 Å². The Balaban J connectivity index is 1.76. The quantitative estimate of drug-likeness (QED) is 0.331. The number of benzene rings is 3. The number of ketones is 1. The van der Waals surface area contributed by atoms with Crippen LogP contribution in [0.3, 0.4) is 0 Å². The second-order valence-corrected chi connectivity index (χ2v) is 10.9. The molecule has 0 saturated heterocycles. The van der Waals surface area contributed by atoms with Crippen molar-refractivity contribution in [3.63, 3.8) is 0 Å². The Bertz CT molecular complexity index is 1590. The van der Waals surface area contributed by atoms with Crippen molar-refractivity contribution in [1.29, 1.82) is 0 Å². The number of fused-ring (bicyclic) bond motifs is 1. The zero-order chi connectivity index (χ0) is 29.6. The topological polar surface area (TPSA) is 151 Å². The van der Waals surface area contributed by atoms with Crippen molar-refractivity contribution < 1.29 is 32.3 Å². The molecule has 41 heavy (non-hydrogen) atoms. The first-order chi connectivity index (χ1) is 19.6. The highest BCUT2D eigenvalue weighted by Crippen LogP contribution is 2.29. The van der Waals surface area contributed by atoms with Crippen molar-refractivity contribution in [3.05, 3.63) is 90.0 Å². The highest BCUT2D eigenvalue weighted by Gasteiger charge is 2.36. The van der Waals surface area contributed by atoms with Crippen molar-refractivity contribution in [1.82, 2.24) is 10.0 Å². The molecule has 1 unspecified atom stereocenters. The number of benzodiazepines with no additional fused rings is 1. The van der Waals surface area contributed by atoms with E-state index in [9.17, 15) is 27.6 Å². The third-order valence-electron chi connectivity index (χ3n) is 6.21. The van der Waals surface area contributed by atoms with Gasteiger partial charge in [-0.3, -0.25) is 24.3 Å². The first-order valence-corrected chi connectivity index (χ1v) is 14.1. The van der Waals surface area contributed by atoms with Crippen LogP contribution in [-0.4, -0.2) is 63.9 Å². The van der Waals surface area contributed by atoms with Crippen molar-refractivity contribution >= 4 is 45.3 Å². The minimum Gasteiger partial charge on any atom is -0.497 e. The summed E-state index contributed by atoms with van der Waals surface area (Å²) in [6.07, 6.45) is -1.40. The third kappa shape index (κ3) is 6.91. The fraction of sp³-hybridized carbons (Fsp3) is 0.207. The van der Waals surface area contributed by atoms with Gasteiger partial charge in [-0.15, -0.1) is 0 Å². The maximum Gasteiger partial charge on any atom is 0.268 e. The summed E-state index contributed by atoms with van der Waals surface area (Å²) in [6.45, 7) is 0.732. The molecule has 2 amide bonds. The normalized spacial score (nSPS) is 15.7. The Kier molecular flexibility index (Phi) is 9.05. The Morgan fingerprint density at radius 2 is 1.68 bits per heavy atom. The summed E-state index contributed by atoms with van der Waals surface area (Å²) in [5.74, 6) is -1.38. The van der Waals surface area contributed by atoms with Gasteiger partial charge < -0.3 is 14.8 Å². The standard InChI is InChI=1S/C29H28N4O7S/c1-19(35)16-21(18-34)30-26(36)17-33-25-11-7-6-10-24(25)27(20-8-4-3-5-9-20)31-28(29(33)37)32-41(38,39)23-14-12-22(40-2)13-15-23/h3-15,18,21,28,32H,16-17H2,1-2H3,(H,30,36)/t21-,28?/m0/s1. The van der Waals surface area contributed by atoms with Gasteiger partial charge in [0.25, 0.3) is 5.91 Å². The molecule has 1 heterocycles. The van der Waals surface area contributed by atoms with E-state index in [1.54, 1.807) is 48.5 Å². The Morgan fingerprint density at radius 3 is 2.32 bits per heavy atom. The molecule has 0 radical (unpaired) electrons. The second kappa shape index (κ2) is 12.7. The van der Waals surface area contributed by atoms with Crippen LogP contribution in [0.25, 0.3) is 0 Å². The van der Waals surface area contributed by atoms with Crippen LogP contribution in [0.1, 0.15) is 24.5 Å². The lowest BCUT2D eigenvalue weighted by molar-refractivity contribution is -0.126. The van der Waals surface area contributed by atoms with Gasteiger partial charge in [-0.1, -0.05) is 48.5 Å². The number of aldehydes is 1. The molecule has 3 aromatic carbocycles. The first kappa shape index (κ1) is 29.3. The number of carbonyl (C=O) groups is 4. The summed E-state index contributed by atoms with van der Waals surface area (Å²) in [6, 6.07) is 20.2. The number of hydrogen-bond acceptors (Lipinski definition) is 8. The molecule has 0 fully saturated rings. The highest BCUT2D eigenvalue weighted by molar-refractivity contribution is 7.89. The first-order valence-electron chi connectivity index (χ1n) is 12.6. The van der Waals surface area contributed by atoms with Gasteiger partial charge in [-0.25, -0.2) is 8.42 Å². The molecule has 212 valence electrons. The van der Waals surface area contributed by atoms with Gasteiger partial charge >= 0.3 is 0 Å². The van der Waals surface area contributed by atoms with Crippen LogP contribution in [0.4, 0.5) is 5.69 Å². The molecule has 0 bridgehead atoms. The van der Waals surface area contributed by atoms with Crippen LogP contribution in [-0.2, 0) is 29.2 Å². The highest BCUT2D eigenvalue weighted by atomic mass is 32.2. The average Bonchev–Trinajstić information content (AvgIpc) is 3.07. The Labute approximate surface area is 237 Å².